The van der Waals surface area contributed by atoms with E-state index >= 15 is 0 Å². The smallest absolute Gasteiger partial charge is 0.134 e. The molecule has 3 aromatic carbocycles. The summed E-state index contributed by atoms with van der Waals surface area (Å²) in [7, 11) is -1.88. The maximum absolute atomic E-state index is 10.7. The summed E-state index contributed by atoms with van der Waals surface area (Å²) in [5.74, 6) is 1.84. The van der Waals surface area contributed by atoms with Gasteiger partial charge in [-0.15, -0.1) is 0 Å². The Balaban J connectivity index is 1.99. The zero-order valence-electron chi connectivity index (χ0n) is 16.0. The van der Waals surface area contributed by atoms with Crippen molar-refractivity contribution in [1.29, 1.82) is 0 Å². The Kier molecular flexibility index (Phi) is 4.22. The van der Waals surface area contributed by atoms with Crippen molar-refractivity contribution < 1.29 is 9.84 Å². The lowest BCUT2D eigenvalue weighted by atomic mass is 9.89. The van der Waals surface area contributed by atoms with Crippen LogP contribution in [-0.4, -0.2) is 13.2 Å². The van der Waals surface area contributed by atoms with Crippen LogP contribution in [0.3, 0.4) is 0 Å². The Bertz CT molecular complexity index is 1030. The first-order chi connectivity index (χ1) is 12.7. The number of halogens is 1. The minimum atomic E-state index is -1.88. The first-order valence-electron chi connectivity index (χ1n) is 9.13. The van der Waals surface area contributed by atoms with E-state index in [4.69, 9.17) is 16.3 Å². The summed E-state index contributed by atoms with van der Waals surface area (Å²) in [6, 6.07) is 20.3. The zero-order chi connectivity index (χ0) is 19.4. The number of hydrogen-bond acceptors (Lipinski definition) is 2. The number of benzene rings is 3. The Hall–Kier alpha value is -2.07. The molecule has 0 spiro atoms. The van der Waals surface area contributed by atoms with E-state index in [2.05, 4.69) is 43.4 Å². The van der Waals surface area contributed by atoms with E-state index in [-0.39, 0.29) is 0 Å². The summed E-state index contributed by atoms with van der Waals surface area (Å²) < 4.78 is 6.42. The molecule has 0 aromatic heterocycles. The Labute approximate surface area is 166 Å². The van der Waals surface area contributed by atoms with E-state index in [0.717, 1.165) is 28.2 Å². The van der Waals surface area contributed by atoms with Crippen molar-refractivity contribution in [3.05, 3.63) is 71.2 Å². The monoisotopic (exact) mass is 394 g/mol. The molecule has 0 atom stereocenters. The minimum Gasteiger partial charge on any atom is -0.457 e. The normalized spacial score (nSPS) is 14.9. The number of rotatable bonds is 2. The number of para-hydroxylation sites is 2. The second-order valence-corrected chi connectivity index (χ2v) is 12.9. The van der Waals surface area contributed by atoms with Crippen LogP contribution in [0.2, 0.25) is 18.1 Å². The van der Waals surface area contributed by atoms with Crippen molar-refractivity contribution in [1.82, 2.24) is 0 Å². The predicted molar refractivity (Wildman–Crippen MR) is 115 cm³/mol. The highest BCUT2D eigenvalue weighted by Gasteiger charge is 2.37. The van der Waals surface area contributed by atoms with Crippen molar-refractivity contribution in [3.8, 4) is 22.6 Å². The molecule has 27 heavy (non-hydrogen) atoms. The van der Waals surface area contributed by atoms with E-state index in [1.54, 1.807) is 13.8 Å². The largest absolute Gasteiger partial charge is 0.457 e. The van der Waals surface area contributed by atoms with Gasteiger partial charge in [-0.05, 0) is 53.5 Å². The molecule has 3 aromatic rings. The van der Waals surface area contributed by atoms with Crippen molar-refractivity contribution in [2.45, 2.75) is 32.5 Å². The summed E-state index contributed by atoms with van der Waals surface area (Å²) in [6.07, 6.45) is 0. The average molecular weight is 395 g/mol. The molecule has 4 heteroatoms. The SMILES string of the molecule is CC(C)(O)c1cc(Cl)ccc1-c1cccc2c1Oc1ccccc1[Si]2(C)C. The van der Waals surface area contributed by atoms with Gasteiger partial charge in [0.2, 0.25) is 0 Å². The van der Waals surface area contributed by atoms with Crippen molar-refractivity contribution >= 4 is 30.0 Å². The summed E-state index contributed by atoms with van der Waals surface area (Å²) >= 11 is 6.23. The third kappa shape index (κ3) is 3.00. The fourth-order valence-electron chi connectivity index (χ4n) is 3.94. The van der Waals surface area contributed by atoms with Crippen LogP contribution in [0.15, 0.2) is 60.7 Å². The van der Waals surface area contributed by atoms with E-state index in [0.29, 0.717) is 5.02 Å². The maximum Gasteiger partial charge on any atom is 0.134 e. The molecule has 0 saturated carbocycles. The van der Waals surface area contributed by atoms with Gasteiger partial charge in [-0.2, -0.15) is 0 Å². The van der Waals surface area contributed by atoms with Crippen molar-refractivity contribution in [2.75, 3.05) is 0 Å². The van der Waals surface area contributed by atoms with Gasteiger partial charge in [-0.25, -0.2) is 0 Å². The van der Waals surface area contributed by atoms with Gasteiger partial charge in [0.25, 0.3) is 0 Å². The highest BCUT2D eigenvalue weighted by atomic mass is 35.5. The van der Waals surface area contributed by atoms with Gasteiger partial charge < -0.3 is 9.84 Å². The molecule has 138 valence electrons. The molecule has 0 bridgehead atoms. The van der Waals surface area contributed by atoms with Gasteiger partial charge in [0.1, 0.15) is 19.6 Å². The first kappa shape index (κ1) is 18.3. The van der Waals surface area contributed by atoms with Gasteiger partial charge in [0.05, 0.1) is 5.60 Å². The van der Waals surface area contributed by atoms with E-state index in [9.17, 15) is 5.11 Å². The Morgan fingerprint density at radius 3 is 2.33 bits per heavy atom. The molecule has 0 aliphatic carbocycles. The lowest BCUT2D eigenvalue weighted by Gasteiger charge is -2.34. The Morgan fingerprint density at radius 1 is 0.889 bits per heavy atom. The van der Waals surface area contributed by atoms with Gasteiger partial charge in [-0.1, -0.05) is 67.2 Å². The number of hydrogen-bond donors (Lipinski definition) is 1. The number of fused-ring (bicyclic) bond motifs is 2. The van der Waals surface area contributed by atoms with Crippen molar-refractivity contribution in [2.24, 2.45) is 0 Å². The molecular weight excluding hydrogens is 372 g/mol. The molecule has 1 aliphatic rings. The molecule has 1 N–H and O–H groups in total. The van der Waals surface area contributed by atoms with Gasteiger partial charge >= 0.3 is 0 Å². The fraction of sp³-hybridized carbons (Fsp3) is 0.217. The maximum atomic E-state index is 10.7. The lowest BCUT2D eigenvalue weighted by molar-refractivity contribution is 0.0792. The molecule has 4 rings (SSSR count). The van der Waals surface area contributed by atoms with Crippen LogP contribution in [0, 0.1) is 0 Å². The van der Waals surface area contributed by atoms with Crippen molar-refractivity contribution in [3.63, 3.8) is 0 Å². The van der Waals surface area contributed by atoms with E-state index in [1.807, 2.05) is 30.3 Å². The van der Waals surface area contributed by atoms with Gasteiger partial charge in [0, 0.05) is 10.6 Å². The minimum absolute atomic E-state index is 0.613. The predicted octanol–water partition coefficient (Wildman–Crippen LogP) is 5.16. The molecule has 0 unspecified atom stereocenters. The molecular formula is C23H23ClO2Si. The molecule has 0 fully saturated rings. The summed E-state index contributed by atoms with van der Waals surface area (Å²) in [4.78, 5) is 0. The quantitative estimate of drug-likeness (QED) is 0.608. The van der Waals surface area contributed by atoms with E-state index < -0.39 is 13.7 Å². The standard InChI is InChI=1S/C23H23ClO2Si/c1-23(2,25)18-14-15(24)12-13-16(18)17-8-7-11-21-22(17)26-19-9-5-6-10-20(19)27(21,3)4/h5-14,25H,1-4H3. The van der Waals surface area contributed by atoms with Gasteiger partial charge in [-0.3, -0.25) is 0 Å². The van der Waals surface area contributed by atoms with Crippen LogP contribution in [0.4, 0.5) is 0 Å². The fourth-order valence-corrected chi connectivity index (χ4v) is 6.93. The highest BCUT2D eigenvalue weighted by Crippen LogP contribution is 2.41. The van der Waals surface area contributed by atoms with Crippen LogP contribution in [0.5, 0.6) is 11.5 Å². The topological polar surface area (TPSA) is 29.5 Å². The van der Waals surface area contributed by atoms with Crippen LogP contribution < -0.4 is 15.1 Å². The number of ether oxygens (including phenoxy) is 1. The average Bonchev–Trinajstić information content (AvgIpc) is 2.61. The second-order valence-electron chi connectivity index (χ2n) is 8.15. The van der Waals surface area contributed by atoms with Crippen LogP contribution in [0.1, 0.15) is 19.4 Å². The van der Waals surface area contributed by atoms with Crippen LogP contribution in [0.25, 0.3) is 11.1 Å². The first-order valence-corrected chi connectivity index (χ1v) is 12.5. The zero-order valence-corrected chi connectivity index (χ0v) is 17.8. The summed E-state index contributed by atoms with van der Waals surface area (Å²) in [5, 5.41) is 13.9. The molecule has 2 nitrogen and oxygen atoms in total. The third-order valence-electron chi connectivity index (χ3n) is 5.39. The summed E-state index contributed by atoms with van der Waals surface area (Å²) in [5.41, 5.74) is 1.73. The molecule has 0 radical (unpaired) electrons. The van der Waals surface area contributed by atoms with Crippen LogP contribution in [-0.2, 0) is 5.60 Å². The molecule has 1 aliphatic heterocycles. The molecule has 0 amide bonds. The number of aliphatic hydroxyl groups is 1. The van der Waals surface area contributed by atoms with Crippen LogP contribution >= 0.6 is 11.6 Å². The Morgan fingerprint density at radius 2 is 1.59 bits per heavy atom. The highest BCUT2D eigenvalue weighted by molar-refractivity contribution is 7.01. The van der Waals surface area contributed by atoms with Gasteiger partial charge in [0.15, 0.2) is 0 Å². The summed E-state index contributed by atoms with van der Waals surface area (Å²) in [6.45, 7) is 8.28. The van der Waals surface area contributed by atoms with E-state index in [1.165, 1.54) is 10.4 Å². The lowest BCUT2D eigenvalue weighted by Crippen LogP contribution is -2.56. The second kappa shape index (κ2) is 6.23. The molecule has 1 heterocycles. The molecule has 0 saturated heterocycles. The third-order valence-corrected chi connectivity index (χ3v) is 9.13.